The SMILES string of the molecule is CN1CCN(C(=O)c2ccc(Nc3nc4cc(Cl)ccc4o3)cc2)CC1. The van der Waals surface area contributed by atoms with Crippen molar-refractivity contribution >= 4 is 40.3 Å². The minimum atomic E-state index is 0.0705. The number of benzene rings is 2. The van der Waals surface area contributed by atoms with E-state index in [9.17, 15) is 4.79 Å². The van der Waals surface area contributed by atoms with Crippen molar-refractivity contribution < 1.29 is 9.21 Å². The molecule has 1 saturated heterocycles. The van der Waals surface area contributed by atoms with Gasteiger partial charge >= 0.3 is 0 Å². The number of carbonyl (C=O) groups excluding carboxylic acids is 1. The lowest BCUT2D eigenvalue weighted by Gasteiger charge is -2.32. The van der Waals surface area contributed by atoms with E-state index < -0.39 is 0 Å². The number of anilines is 2. The fraction of sp³-hybridized carbons (Fsp3) is 0.263. The molecule has 4 rings (SSSR count). The molecule has 0 spiro atoms. The summed E-state index contributed by atoms with van der Waals surface area (Å²) in [5.74, 6) is 0.0705. The van der Waals surface area contributed by atoms with Gasteiger partial charge in [-0.25, -0.2) is 0 Å². The van der Waals surface area contributed by atoms with E-state index in [0.717, 1.165) is 31.9 Å². The van der Waals surface area contributed by atoms with Crippen molar-refractivity contribution in [3.05, 3.63) is 53.1 Å². The molecule has 134 valence electrons. The molecule has 1 aliphatic heterocycles. The summed E-state index contributed by atoms with van der Waals surface area (Å²) >= 11 is 5.97. The largest absolute Gasteiger partial charge is 0.423 e. The van der Waals surface area contributed by atoms with Gasteiger partial charge in [0.2, 0.25) is 0 Å². The first-order valence-electron chi connectivity index (χ1n) is 8.49. The summed E-state index contributed by atoms with van der Waals surface area (Å²) in [4.78, 5) is 21.1. The third-order valence-corrected chi connectivity index (χ3v) is 4.76. The van der Waals surface area contributed by atoms with E-state index in [2.05, 4.69) is 22.2 Å². The van der Waals surface area contributed by atoms with Gasteiger partial charge in [0.25, 0.3) is 11.9 Å². The second kappa shape index (κ2) is 6.97. The number of oxazole rings is 1. The quantitative estimate of drug-likeness (QED) is 0.763. The lowest BCUT2D eigenvalue weighted by Crippen LogP contribution is -2.47. The van der Waals surface area contributed by atoms with E-state index in [-0.39, 0.29) is 5.91 Å². The minimum Gasteiger partial charge on any atom is -0.423 e. The second-order valence-corrected chi connectivity index (χ2v) is 6.87. The molecule has 0 atom stereocenters. The first kappa shape index (κ1) is 16.9. The Morgan fingerprint density at radius 3 is 2.58 bits per heavy atom. The topological polar surface area (TPSA) is 61.6 Å². The lowest BCUT2D eigenvalue weighted by atomic mass is 10.1. The molecular formula is C19H19ClN4O2. The summed E-state index contributed by atoms with van der Waals surface area (Å²) in [6.07, 6.45) is 0. The molecule has 7 heteroatoms. The van der Waals surface area contributed by atoms with Gasteiger partial charge in [0.15, 0.2) is 5.58 Å². The number of nitrogens with one attached hydrogen (secondary N) is 1. The van der Waals surface area contributed by atoms with E-state index in [1.807, 2.05) is 29.2 Å². The number of hydrogen-bond acceptors (Lipinski definition) is 5. The Bertz CT molecular complexity index is 930. The maximum Gasteiger partial charge on any atom is 0.300 e. The highest BCUT2D eigenvalue weighted by Gasteiger charge is 2.20. The molecule has 1 fully saturated rings. The van der Waals surface area contributed by atoms with Gasteiger partial charge in [0.05, 0.1) is 0 Å². The number of hydrogen-bond donors (Lipinski definition) is 1. The Balaban J connectivity index is 1.46. The van der Waals surface area contributed by atoms with Crippen LogP contribution >= 0.6 is 11.6 Å². The molecule has 0 saturated carbocycles. The lowest BCUT2D eigenvalue weighted by molar-refractivity contribution is 0.0664. The molecule has 6 nitrogen and oxygen atoms in total. The number of amides is 1. The molecule has 1 amide bonds. The monoisotopic (exact) mass is 370 g/mol. The van der Waals surface area contributed by atoms with Crippen molar-refractivity contribution in [3.63, 3.8) is 0 Å². The number of aromatic nitrogens is 1. The van der Waals surface area contributed by atoms with E-state index in [0.29, 0.717) is 27.7 Å². The van der Waals surface area contributed by atoms with Crippen LogP contribution in [0.5, 0.6) is 0 Å². The maximum atomic E-state index is 12.6. The molecule has 3 aromatic rings. The van der Waals surface area contributed by atoms with Gasteiger partial charge in [-0.2, -0.15) is 4.98 Å². The number of fused-ring (bicyclic) bond motifs is 1. The van der Waals surface area contributed by atoms with Crippen LogP contribution in [0.15, 0.2) is 46.9 Å². The Hall–Kier alpha value is -2.57. The number of rotatable bonds is 3. The van der Waals surface area contributed by atoms with Crippen molar-refractivity contribution in [2.75, 3.05) is 38.5 Å². The van der Waals surface area contributed by atoms with Crippen molar-refractivity contribution in [2.24, 2.45) is 0 Å². The number of nitrogens with zero attached hydrogens (tertiary/aromatic N) is 3. The van der Waals surface area contributed by atoms with Crippen molar-refractivity contribution in [1.82, 2.24) is 14.8 Å². The van der Waals surface area contributed by atoms with Crippen LogP contribution in [-0.2, 0) is 0 Å². The standard InChI is InChI=1S/C19H19ClN4O2/c1-23-8-10-24(11-9-23)18(25)13-2-5-15(6-3-13)21-19-22-16-12-14(20)4-7-17(16)26-19/h2-7,12H,8-11H2,1H3,(H,21,22). The molecule has 2 heterocycles. The van der Waals surface area contributed by atoms with Gasteiger partial charge in [-0.15, -0.1) is 0 Å². The number of likely N-dealkylation sites (N-methyl/N-ethyl adjacent to an activating group) is 1. The zero-order valence-corrected chi connectivity index (χ0v) is 15.2. The van der Waals surface area contributed by atoms with Crippen LogP contribution in [0.2, 0.25) is 5.02 Å². The molecular weight excluding hydrogens is 352 g/mol. The summed E-state index contributed by atoms with van der Waals surface area (Å²) in [5.41, 5.74) is 2.85. The van der Waals surface area contributed by atoms with E-state index in [1.165, 1.54) is 0 Å². The van der Waals surface area contributed by atoms with Gasteiger partial charge in [0.1, 0.15) is 5.52 Å². The van der Waals surface area contributed by atoms with E-state index in [1.54, 1.807) is 18.2 Å². The highest BCUT2D eigenvalue weighted by molar-refractivity contribution is 6.31. The Morgan fingerprint density at radius 2 is 1.85 bits per heavy atom. The summed E-state index contributed by atoms with van der Waals surface area (Å²) in [6.45, 7) is 3.35. The number of halogens is 1. The van der Waals surface area contributed by atoms with E-state index >= 15 is 0 Å². The fourth-order valence-corrected chi connectivity index (χ4v) is 3.13. The van der Waals surface area contributed by atoms with Gasteiger partial charge in [-0.05, 0) is 49.5 Å². The predicted octanol–water partition coefficient (Wildman–Crippen LogP) is 3.61. The third kappa shape index (κ3) is 3.52. The molecule has 0 bridgehead atoms. The molecule has 0 unspecified atom stereocenters. The van der Waals surface area contributed by atoms with Crippen LogP contribution in [0.4, 0.5) is 11.7 Å². The van der Waals surface area contributed by atoms with Crippen LogP contribution in [-0.4, -0.2) is 53.9 Å². The zero-order chi connectivity index (χ0) is 18.1. The first-order chi connectivity index (χ1) is 12.6. The van der Waals surface area contributed by atoms with Crippen molar-refractivity contribution in [3.8, 4) is 0 Å². The van der Waals surface area contributed by atoms with Gasteiger partial charge in [0, 0.05) is 42.5 Å². The fourth-order valence-electron chi connectivity index (χ4n) is 2.97. The summed E-state index contributed by atoms with van der Waals surface area (Å²) < 4.78 is 5.65. The summed E-state index contributed by atoms with van der Waals surface area (Å²) in [5, 5.41) is 3.73. The Labute approximate surface area is 156 Å². The summed E-state index contributed by atoms with van der Waals surface area (Å²) in [7, 11) is 2.07. The average Bonchev–Trinajstić information content (AvgIpc) is 3.03. The smallest absolute Gasteiger partial charge is 0.300 e. The van der Waals surface area contributed by atoms with Crippen molar-refractivity contribution in [1.29, 1.82) is 0 Å². The molecule has 1 aromatic heterocycles. The van der Waals surface area contributed by atoms with E-state index in [4.69, 9.17) is 16.0 Å². The zero-order valence-electron chi connectivity index (χ0n) is 14.4. The molecule has 2 aromatic carbocycles. The van der Waals surface area contributed by atoms with Crippen LogP contribution < -0.4 is 5.32 Å². The number of piperazine rings is 1. The van der Waals surface area contributed by atoms with Crippen LogP contribution in [0, 0.1) is 0 Å². The van der Waals surface area contributed by atoms with Gasteiger partial charge < -0.3 is 19.5 Å². The van der Waals surface area contributed by atoms with Gasteiger partial charge in [-0.1, -0.05) is 11.6 Å². The van der Waals surface area contributed by atoms with Crippen molar-refractivity contribution in [2.45, 2.75) is 0 Å². The van der Waals surface area contributed by atoms with Gasteiger partial charge in [-0.3, -0.25) is 4.79 Å². The predicted molar refractivity (Wildman–Crippen MR) is 102 cm³/mol. The average molecular weight is 371 g/mol. The number of carbonyl (C=O) groups is 1. The third-order valence-electron chi connectivity index (χ3n) is 4.52. The molecule has 0 radical (unpaired) electrons. The molecule has 1 aliphatic rings. The normalized spacial score (nSPS) is 15.4. The highest BCUT2D eigenvalue weighted by Crippen LogP contribution is 2.24. The van der Waals surface area contributed by atoms with Crippen LogP contribution in [0.3, 0.4) is 0 Å². The Kier molecular flexibility index (Phi) is 4.53. The van der Waals surface area contributed by atoms with Crippen LogP contribution in [0.1, 0.15) is 10.4 Å². The minimum absolute atomic E-state index is 0.0705. The highest BCUT2D eigenvalue weighted by atomic mass is 35.5. The molecule has 26 heavy (non-hydrogen) atoms. The second-order valence-electron chi connectivity index (χ2n) is 6.43. The summed E-state index contributed by atoms with van der Waals surface area (Å²) in [6, 6.07) is 13.0. The maximum absolute atomic E-state index is 12.6. The molecule has 1 N–H and O–H groups in total. The van der Waals surface area contributed by atoms with Crippen LogP contribution in [0.25, 0.3) is 11.1 Å². The first-order valence-corrected chi connectivity index (χ1v) is 8.87. The molecule has 0 aliphatic carbocycles. The Morgan fingerprint density at radius 1 is 1.12 bits per heavy atom.